The summed E-state index contributed by atoms with van der Waals surface area (Å²) in [5.74, 6) is 2.74. The van der Waals surface area contributed by atoms with Crippen LogP contribution < -0.4 is 10.1 Å². The highest BCUT2D eigenvalue weighted by atomic mass is 35.5. The molecule has 2 aromatic rings. The molecule has 0 aliphatic heterocycles. The van der Waals surface area contributed by atoms with E-state index in [1.54, 1.807) is 19.4 Å². The molecule has 0 amide bonds. The smallest absolute Gasteiger partial charge is 0.196 e. The highest BCUT2D eigenvalue weighted by Crippen LogP contribution is 2.32. The maximum atomic E-state index is 5.96. The summed E-state index contributed by atoms with van der Waals surface area (Å²) >= 11 is 5.96. The second-order valence-electron chi connectivity index (χ2n) is 5.31. The lowest BCUT2D eigenvalue weighted by molar-refractivity contribution is 0.413. The molecule has 5 heteroatoms. The fourth-order valence-corrected chi connectivity index (χ4v) is 2.17. The van der Waals surface area contributed by atoms with E-state index in [-0.39, 0.29) is 0 Å². The Bertz CT molecular complexity index is 581. The molecule has 1 aromatic carbocycles. The van der Waals surface area contributed by atoms with Crippen LogP contribution in [0, 0.1) is 5.92 Å². The Morgan fingerprint density at radius 2 is 2.19 bits per heavy atom. The molecule has 0 unspecified atom stereocenters. The normalized spacial score (nSPS) is 11.1. The topological polar surface area (TPSA) is 47.3 Å². The molecule has 0 radical (unpaired) electrons. The van der Waals surface area contributed by atoms with E-state index in [1.807, 2.05) is 12.1 Å². The first-order valence-corrected chi connectivity index (χ1v) is 7.47. The number of benzene rings is 1. The van der Waals surface area contributed by atoms with Gasteiger partial charge in [-0.25, -0.2) is 4.98 Å². The van der Waals surface area contributed by atoms with E-state index in [9.17, 15) is 0 Å². The Hall–Kier alpha value is -1.52. The van der Waals surface area contributed by atoms with Crippen molar-refractivity contribution in [2.75, 3.05) is 20.2 Å². The molecule has 0 fully saturated rings. The number of aromatic nitrogens is 1. The summed E-state index contributed by atoms with van der Waals surface area (Å²) in [6, 6.07) is 5.46. The van der Waals surface area contributed by atoms with Crippen molar-refractivity contribution in [2.45, 2.75) is 20.3 Å². The molecule has 4 nitrogen and oxygen atoms in total. The number of hydrogen-bond acceptors (Lipinski definition) is 4. The average Bonchev–Trinajstić information content (AvgIpc) is 2.92. The van der Waals surface area contributed by atoms with Gasteiger partial charge in [0.15, 0.2) is 11.7 Å². The highest BCUT2D eigenvalue weighted by molar-refractivity contribution is 6.30. The van der Waals surface area contributed by atoms with E-state index >= 15 is 0 Å². The summed E-state index contributed by atoms with van der Waals surface area (Å²) in [5, 5.41) is 4.00. The minimum Gasteiger partial charge on any atom is -0.496 e. The number of halogens is 1. The van der Waals surface area contributed by atoms with Gasteiger partial charge in [0.2, 0.25) is 0 Å². The molecule has 0 aliphatic carbocycles. The van der Waals surface area contributed by atoms with Gasteiger partial charge in [-0.15, -0.1) is 0 Å². The Kier molecular flexibility index (Phi) is 5.65. The summed E-state index contributed by atoms with van der Waals surface area (Å²) in [4.78, 5) is 4.31. The van der Waals surface area contributed by atoms with Crippen molar-refractivity contribution in [3.8, 4) is 17.1 Å². The fraction of sp³-hybridized carbons (Fsp3) is 0.438. The summed E-state index contributed by atoms with van der Waals surface area (Å²) in [5.41, 5.74) is 0.857. The molecule has 0 aliphatic rings. The SMILES string of the molecule is COc1cc(Cl)ccc1-c1cnc(CCNCC(C)C)o1. The van der Waals surface area contributed by atoms with E-state index in [1.165, 1.54) is 0 Å². The van der Waals surface area contributed by atoms with Crippen LogP contribution in [0.1, 0.15) is 19.7 Å². The van der Waals surface area contributed by atoms with Gasteiger partial charge in [-0.2, -0.15) is 0 Å². The molecule has 21 heavy (non-hydrogen) atoms. The quantitative estimate of drug-likeness (QED) is 0.791. The van der Waals surface area contributed by atoms with E-state index < -0.39 is 0 Å². The first kappa shape index (κ1) is 15.9. The predicted molar refractivity (Wildman–Crippen MR) is 84.9 cm³/mol. The molecule has 0 saturated carbocycles. The zero-order chi connectivity index (χ0) is 15.2. The number of rotatable bonds is 7. The third kappa shape index (κ3) is 4.48. The van der Waals surface area contributed by atoms with Gasteiger partial charge in [0, 0.05) is 18.0 Å². The number of nitrogens with one attached hydrogen (secondary N) is 1. The lowest BCUT2D eigenvalue weighted by atomic mass is 10.1. The van der Waals surface area contributed by atoms with Crippen LogP contribution in [0.25, 0.3) is 11.3 Å². The molecule has 1 N–H and O–H groups in total. The molecular weight excluding hydrogens is 288 g/mol. The number of methoxy groups -OCH3 is 1. The van der Waals surface area contributed by atoms with E-state index in [0.717, 1.165) is 31.0 Å². The number of ether oxygens (including phenoxy) is 1. The monoisotopic (exact) mass is 308 g/mol. The van der Waals surface area contributed by atoms with Crippen LogP contribution >= 0.6 is 11.6 Å². The second kappa shape index (κ2) is 7.48. The van der Waals surface area contributed by atoms with Crippen LogP contribution in [-0.4, -0.2) is 25.2 Å². The van der Waals surface area contributed by atoms with Crippen LogP contribution in [0.5, 0.6) is 5.75 Å². The lowest BCUT2D eigenvalue weighted by Gasteiger charge is -2.06. The first-order valence-electron chi connectivity index (χ1n) is 7.09. The minimum atomic E-state index is 0.633. The Labute approximate surface area is 130 Å². The first-order chi connectivity index (χ1) is 10.1. The molecule has 0 saturated heterocycles. The van der Waals surface area contributed by atoms with Crippen molar-refractivity contribution in [3.05, 3.63) is 35.3 Å². The third-order valence-electron chi connectivity index (χ3n) is 3.05. The molecule has 1 aromatic heterocycles. The van der Waals surface area contributed by atoms with Crippen LogP contribution in [0.2, 0.25) is 5.02 Å². The van der Waals surface area contributed by atoms with Crippen LogP contribution in [-0.2, 0) is 6.42 Å². The summed E-state index contributed by atoms with van der Waals surface area (Å²) < 4.78 is 11.1. The maximum Gasteiger partial charge on any atom is 0.196 e. The maximum absolute atomic E-state index is 5.96. The van der Waals surface area contributed by atoms with Gasteiger partial charge in [-0.05, 0) is 30.7 Å². The predicted octanol–water partition coefficient (Wildman–Crippen LogP) is 3.79. The van der Waals surface area contributed by atoms with Gasteiger partial charge in [-0.1, -0.05) is 25.4 Å². The Morgan fingerprint density at radius 1 is 1.38 bits per heavy atom. The average molecular weight is 309 g/mol. The molecule has 114 valence electrons. The van der Waals surface area contributed by atoms with Crippen LogP contribution in [0.15, 0.2) is 28.8 Å². The highest BCUT2D eigenvalue weighted by Gasteiger charge is 2.12. The van der Waals surface area contributed by atoms with Crippen LogP contribution in [0.3, 0.4) is 0 Å². The van der Waals surface area contributed by atoms with Crippen LogP contribution in [0.4, 0.5) is 0 Å². The molecule has 0 atom stereocenters. The molecule has 0 bridgehead atoms. The standard InChI is InChI=1S/C16H21ClN2O2/c1-11(2)9-18-7-6-16-19-10-15(21-16)13-5-4-12(17)8-14(13)20-3/h4-5,8,10-11,18H,6-7,9H2,1-3H3. The van der Waals surface area contributed by atoms with Crippen molar-refractivity contribution in [1.82, 2.24) is 10.3 Å². The number of nitrogens with zero attached hydrogens (tertiary/aromatic N) is 1. The van der Waals surface area contributed by atoms with Gasteiger partial charge < -0.3 is 14.5 Å². The van der Waals surface area contributed by atoms with E-state index in [2.05, 4.69) is 24.1 Å². The molecule has 0 spiro atoms. The second-order valence-corrected chi connectivity index (χ2v) is 5.75. The van der Waals surface area contributed by atoms with Gasteiger partial charge in [0.05, 0.1) is 18.9 Å². The largest absolute Gasteiger partial charge is 0.496 e. The lowest BCUT2D eigenvalue weighted by Crippen LogP contribution is -2.22. The Morgan fingerprint density at radius 3 is 2.90 bits per heavy atom. The van der Waals surface area contributed by atoms with Crippen molar-refractivity contribution in [1.29, 1.82) is 0 Å². The van der Waals surface area contributed by atoms with Crippen molar-refractivity contribution in [2.24, 2.45) is 5.92 Å². The zero-order valence-corrected chi connectivity index (χ0v) is 13.4. The molecular formula is C16H21ClN2O2. The molecule has 2 rings (SSSR count). The minimum absolute atomic E-state index is 0.633. The summed E-state index contributed by atoms with van der Waals surface area (Å²) in [6.07, 6.45) is 2.49. The van der Waals surface area contributed by atoms with E-state index in [0.29, 0.717) is 22.5 Å². The van der Waals surface area contributed by atoms with Crippen molar-refractivity contribution < 1.29 is 9.15 Å². The fourth-order valence-electron chi connectivity index (χ4n) is 2.01. The van der Waals surface area contributed by atoms with Gasteiger partial charge in [-0.3, -0.25) is 0 Å². The number of oxazole rings is 1. The zero-order valence-electron chi connectivity index (χ0n) is 12.6. The van der Waals surface area contributed by atoms with Crippen molar-refractivity contribution >= 4 is 11.6 Å². The summed E-state index contributed by atoms with van der Waals surface area (Å²) in [7, 11) is 1.61. The third-order valence-corrected chi connectivity index (χ3v) is 3.29. The Balaban J connectivity index is 2.02. The number of hydrogen-bond donors (Lipinski definition) is 1. The van der Waals surface area contributed by atoms with Gasteiger partial charge in [0.25, 0.3) is 0 Å². The van der Waals surface area contributed by atoms with Gasteiger partial charge >= 0.3 is 0 Å². The van der Waals surface area contributed by atoms with E-state index in [4.69, 9.17) is 20.8 Å². The molecule has 1 heterocycles. The summed E-state index contributed by atoms with van der Waals surface area (Å²) in [6.45, 7) is 6.22. The van der Waals surface area contributed by atoms with Gasteiger partial charge in [0.1, 0.15) is 5.75 Å². The van der Waals surface area contributed by atoms with Crippen molar-refractivity contribution in [3.63, 3.8) is 0 Å².